The Balaban J connectivity index is 1.84. The second-order valence-corrected chi connectivity index (χ2v) is 7.21. The predicted octanol–water partition coefficient (Wildman–Crippen LogP) is 0.590. The maximum Gasteiger partial charge on any atom is 0.513 e. The summed E-state index contributed by atoms with van der Waals surface area (Å²) < 4.78 is 41.1. The van der Waals surface area contributed by atoms with E-state index >= 15 is 0 Å². The molecule has 1 fully saturated rings. The summed E-state index contributed by atoms with van der Waals surface area (Å²) in [7, 11) is 0.997. The van der Waals surface area contributed by atoms with Gasteiger partial charge in [0.05, 0.1) is 12.6 Å². The van der Waals surface area contributed by atoms with Crippen LogP contribution in [-0.2, 0) is 19.1 Å². The first kappa shape index (κ1) is 15.8. The first-order valence-corrected chi connectivity index (χ1v) is 9.26. The molecule has 0 radical (unpaired) electrons. The monoisotopic (exact) mass is 425 g/mol. The molecule has 2 amide bonds. The second kappa shape index (κ2) is 8.13. The van der Waals surface area contributed by atoms with E-state index in [0.717, 1.165) is 12.0 Å². The Labute approximate surface area is 175 Å². The number of carboxylic acid groups (broad SMARTS) is 1. The molecule has 2 aliphatic rings. The summed E-state index contributed by atoms with van der Waals surface area (Å²) in [6.07, 6.45) is -1.26. The second-order valence-electron chi connectivity index (χ2n) is 6.11. The van der Waals surface area contributed by atoms with Crippen LogP contribution in [0, 0.1) is 0 Å². The molecule has 4 N–H and O–H groups in total. The summed E-state index contributed by atoms with van der Waals surface area (Å²) >= 11 is 1.26. The topological polar surface area (TPSA) is 148 Å². The smallest absolute Gasteiger partial charge is 0.477 e. The SMILES string of the molecule is [2H]c1c([2H])c([C@@H](N)C(=O)N[C@@H]2C(=O)N3C(C(=O)O)=C(C)CS[C@H]23)c([2H])c([2H])c1OC(=O)OC. The highest BCUT2D eigenvalue weighted by atomic mass is 32.2. The highest BCUT2D eigenvalue weighted by Gasteiger charge is 2.53. The van der Waals surface area contributed by atoms with E-state index in [0.29, 0.717) is 11.3 Å². The van der Waals surface area contributed by atoms with Crippen LogP contribution in [0.3, 0.4) is 0 Å². The summed E-state index contributed by atoms with van der Waals surface area (Å²) in [5, 5.41) is 11.1. The lowest BCUT2D eigenvalue weighted by Gasteiger charge is -2.49. The average molecular weight is 425 g/mol. The van der Waals surface area contributed by atoms with Gasteiger partial charge in [-0.1, -0.05) is 12.1 Å². The van der Waals surface area contributed by atoms with E-state index in [4.69, 9.17) is 11.2 Å². The lowest BCUT2D eigenvalue weighted by Crippen LogP contribution is -2.71. The molecule has 2 heterocycles. The van der Waals surface area contributed by atoms with Crippen LogP contribution in [0.15, 0.2) is 35.4 Å². The van der Waals surface area contributed by atoms with Crippen molar-refractivity contribution in [3.05, 3.63) is 41.0 Å². The molecule has 1 aromatic rings. The highest BCUT2D eigenvalue weighted by molar-refractivity contribution is 8.00. The third-order valence-corrected chi connectivity index (χ3v) is 5.65. The molecule has 2 aliphatic heterocycles. The predicted molar refractivity (Wildman–Crippen MR) is 102 cm³/mol. The van der Waals surface area contributed by atoms with Crippen molar-refractivity contribution in [2.45, 2.75) is 24.4 Å². The Morgan fingerprint density at radius 2 is 2.03 bits per heavy atom. The van der Waals surface area contributed by atoms with Crippen molar-refractivity contribution in [2.24, 2.45) is 5.73 Å². The van der Waals surface area contributed by atoms with Gasteiger partial charge in [0, 0.05) is 5.75 Å². The number of fused-ring (bicyclic) bond motifs is 1. The van der Waals surface area contributed by atoms with Crippen molar-refractivity contribution >= 4 is 35.7 Å². The number of thioether (sulfide) groups is 1. The highest BCUT2D eigenvalue weighted by Crippen LogP contribution is 2.40. The van der Waals surface area contributed by atoms with Gasteiger partial charge in [-0.05, 0) is 30.1 Å². The fourth-order valence-corrected chi connectivity index (χ4v) is 4.08. The van der Waals surface area contributed by atoms with Gasteiger partial charge < -0.3 is 25.6 Å². The van der Waals surface area contributed by atoms with Gasteiger partial charge in [-0.3, -0.25) is 14.5 Å². The first-order valence-electron chi connectivity index (χ1n) is 10.2. The molecule has 10 nitrogen and oxygen atoms in total. The number of benzene rings is 1. The van der Waals surface area contributed by atoms with Gasteiger partial charge in [0.2, 0.25) is 5.91 Å². The molecule has 3 atom stereocenters. The van der Waals surface area contributed by atoms with Gasteiger partial charge in [0.15, 0.2) is 0 Å². The lowest BCUT2D eigenvalue weighted by atomic mass is 10.0. The average Bonchev–Trinajstić information content (AvgIpc) is 2.78. The fourth-order valence-electron chi connectivity index (χ4n) is 2.79. The number of β-lactam (4-membered cyclic amide) rings is 1. The lowest BCUT2D eigenvalue weighted by molar-refractivity contribution is -0.150. The Kier molecular flexibility index (Phi) is 4.44. The minimum atomic E-state index is -1.70. The van der Waals surface area contributed by atoms with Crippen molar-refractivity contribution in [3.63, 3.8) is 0 Å². The van der Waals surface area contributed by atoms with Crippen molar-refractivity contribution in [1.82, 2.24) is 10.2 Å². The van der Waals surface area contributed by atoms with Crippen LogP contribution < -0.4 is 15.8 Å². The molecule has 154 valence electrons. The number of nitrogens with one attached hydrogen (secondary N) is 1. The Bertz CT molecular complexity index is 1080. The van der Waals surface area contributed by atoms with E-state index in [9.17, 15) is 24.3 Å². The van der Waals surface area contributed by atoms with Crippen LogP contribution in [0.4, 0.5) is 4.79 Å². The Morgan fingerprint density at radius 1 is 1.38 bits per heavy atom. The maximum absolute atomic E-state index is 12.7. The number of nitrogens with two attached hydrogens (primary N) is 1. The van der Waals surface area contributed by atoms with Crippen LogP contribution in [0.25, 0.3) is 0 Å². The Morgan fingerprint density at radius 3 is 2.62 bits per heavy atom. The molecule has 0 saturated carbocycles. The number of carboxylic acids is 1. The number of carbonyl (C=O) groups excluding carboxylic acids is 3. The van der Waals surface area contributed by atoms with E-state index in [1.807, 2.05) is 0 Å². The quantitative estimate of drug-likeness (QED) is 0.350. The van der Waals surface area contributed by atoms with E-state index in [2.05, 4.69) is 14.8 Å². The number of carbonyl (C=O) groups is 4. The molecular weight excluding hydrogens is 402 g/mol. The molecule has 0 aromatic heterocycles. The zero-order valence-electron chi connectivity index (χ0n) is 19.3. The van der Waals surface area contributed by atoms with Crippen molar-refractivity contribution in [2.75, 3.05) is 12.9 Å². The number of nitrogens with zero attached hydrogens (tertiary/aromatic N) is 1. The molecule has 3 rings (SSSR count). The number of methoxy groups -OCH3 is 1. The van der Waals surface area contributed by atoms with Gasteiger partial charge >= 0.3 is 12.1 Å². The normalized spacial score (nSPS) is 23.6. The molecule has 1 aromatic carbocycles. The molecule has 1 saturated heterocycles. The number of amides is 2. The number of hydrogen-bond acceptors (Lipinski definition) is 8. The largest absolute Gasteiger partial charge is 0.513 e. The molecule has 11 heteroatoms. The van der Waals surface area contributed by atoms with Crippen LogP contribution >= 0.6 is 11.8 Å². The maximum atomic E-state index is 12.7. The summed E-state index contributed by atoms with van der Waals surface area (Å²) in [4.78, 5) is 49.2. The van der Waals surface area contributed by atoms with Gasteiger partial charge in [0.25, 0.3) is 5.91 Å². The van der Waals surface area contributed by atoms with E-state index in [1.165, 1.54) is 11.8 Å². The van der Waals surface area contributed by atoms with E-state index < -0.39 is 76.9 Å². The van der Waals surface area contributed by atoms with Crippen LogP contribution in [0.1, 0.15) is 24.0 Å². The van der Waals surface area contributed by atoms with Gasteiger partial charge in [0.1, 0.15) is 28.9 Å². The van der Waals surface area contributed by atoms with Crippen LogP contribution in [0.2, 0.25) is 0 Å². The summed E-state index contributed by atoms with van der Waals surface area (Å²) in [5.41, 5.74) is 5.81. The minimum absolute atomic E-state index is 0.140. The van der Waals surface area contributed by atoms with Crippen molar-refractivity contribution in [1.29, 1.82) is 0 Å². The fraction of sp³-hybridized carbons (Fsp3) is 0.333. The molecule has 0 bridgehead atoms. The molecule has 0 spiro atoms. The molecule has 29 heavy (non-hydrogen) atoms. The molecule has 0 aliphatic carbocycles. The minimum Gasteiger partial charge on any atom is -0.477 e. The van der Waals surface area contributed by atoms with Crippen LogP contribution in [-0.4, -0.2) is 58.2 Å². The van der Waals surface area contributed by atoms with E-state index in [1.54, 1.807) is 6.92 Å². The van der Waals surface area contributed by atoms with Gasteiger partial charge in [-0.15, -0.1) is 11.8 Å². The molecule has 0 unspecified atom stereocenters. The number of rotatable bonds is 5. The van der Waals surface area contributed by atoms with Gasteiger partial charge in [-0.2, -0.15) is 0 Å². The third kappa shape index (κ3) is 3.91. The summed E-state index contributed by atoms with van der Waals surface area (Å²) in [6, 6.07) is -5.69. The standard InChI is InChI=1S/C18H19N3O7S/c1-8-7-29-16-12(15(23)21(16)13(8)17(24)25)20-14(22)11(19)9-3-5-10(6-4-9)28-18(26)27-2/h3-6,11-12,16H,7,19H2,1-2H3,(H,20,22)(H,24,25)/t11-,12-,16-/m1/s1/i3D,4D,5D,6D. The summed E-state index contributed by atoms with van der Waals surface area (Å²) in [6.45, 7) is 1.60. The number of ether oxygens (including phenoxy) is 2. The van der Waals surface area contributed by atoms with Crippen molar-refractivity contribution < 1.29 is 39.2 Å². The van der Waals surface area contributed by atoms with Crippen LogP contribution in [0.5, 0.6) is 5.75 Å². The first-order chi connectivity index (χ1) is 15.4. The number of hydrogen-bond donors (Lipinski definition) is 3. The van der Waals surface area contributed by atoms with E-state index in [-0.39, 0.29) is 5.70 Å². The van der Waals surface area contributed by atoms with Gasteiger partial charge in [-0.25, -0.2) is 9.59 Å². The number of aliphatic carboxylic acids is 1. The Hall–Kier alpha value is -3.05. The summed E-state index contributed by atoms with van der Waals surface area (Å²) in [5.74, 6) is -3.22. The molecular formula is C18H19N3O7S. The van der Waals surface area contributed by atoms with Crippen molar-refractivity contribution in [3.8, 4) is 5.75 Å². The zero-order chi connectivity index (χ0) is 24.8. The third-order valence-electron chi connectivity index (χ3n) is 4.23. The zero-order valence-corrected chi connectivity index (χ0v) is 16.1.